The lowest BCUT2D eigenvalue weighted by atomic mass is 9.97. The van der Waals surface area contributed by atoms with Gasteiger partial charge in [0.1, 0.15) is 5.75 Å². The molecule has 2 rings (SSSR count). The van der Waals surface area contributed by atoms with Crippen molar-refractivity contribution in [3.63, 3.8) is 0 Å². The molecule has 2 atom stereocenters. The molecule has 0 aromatic heterocycles. The summed E-state index contributed by atoms with van der Waals surface area (Å²) in [6.07, 6.45) is 2.35. The second-order valence-electron chi connectivity index (χ2n) is 5.71. The second kappa shape index (κ2) is 6.75. The van der Waals surface area contributed by atoms with Gasteiger partial charge in [0.05, 0.1) is 7.11 Å². The molecule has 4 heteroatoms. The molecular formula is C16H24N2O2. The van der Waals surface area contributed by atoms with E-state index in [-0.39, 0.29) is 11.9 Å². The summed E-state index contributed by atoms with van der Waals surface area (Å²) in [5, 5.41) is 0. The van der Waals surface area contributed by atoms with Crippen LogP contribution in [-0.2, 0) is 11.2 Å². The molecule has 20 heavy (non-hydrogen) atoms. The number of carbonyl (C=O) groups excluding carboxylic acids is 1. The highest BCUT2D eigenvalue weighted by atomic mass is 16.5. The summed E-state index contributed by atoms with van der Waals surface area (Å²) in [5.41, 5.74) is 7.01. The van der Waals surface area contributed by atoms with Crippen LogP contribution < -0.4 is 10.5 Å². The van der Waals surface area contributed by atoms with Gasteiger partial charge in [-0.1, -0.05) is 25.1 Å². The molecule has 1 heterocycles. The van der Waals surface area contributed by atoms with Crippen LogP contribution in [0.1, 0.15) is 25.3 Å². The van der Waals surface area contributed by atoms with Gasteiger partial charge in [-0.15, -0.1) is 0 Å². The molecule has 2 N–H and O–H groups in total. The Morgan fingerprint density at radius 2 is 2.25 bits per heavy atom. The molecule has 1 aliphatic rings. The number of para-hydroxylation sites is 1. The van der Waals surface area contributed by atoms with Crippen LogP contribution in [0.3, 0.4) is 0 Å². The number of rotatable bonds is 5. The number of benzene rings is 1. The van der Waals surface area contributed by atoms with E-state index in [0.717, 1.165) is 30.7 Å². The number of carbonyl (C=O) groups is 1. The summed E-state index contributed by atoms with van der Waals surface area (Å²) in [4.78, 5) is 14.1. The van der Waals surface area contributed by atoms with Crippen LogP contribution in [0.25, 0.3) is 0 Å². The van der Waals surface area contributed by atoms with Gasteiger partial charge < -0.3 is 15.4 Å². The maximum Gasteiger partial charge on any atom is 0.222 e. The zero-order valence-corrected chi connectivity index (χ0v) is 12.3. The standard InChI is InChI=1S/C16H24N2O2/c1-12(9-13-5-3-4-6-15(13)20-2)10-16(19)18-8-7-14(17)11-18/h3-6,12,14H,7-11,17H2,1-2H3. The molecule has 1 saturated heterocycles. The smallest absolute Gasteiger partial charge is 0.222 e. The average Bonchev–Trinajstić information content (AvgIpc) is 2.86. The Labute approximate surface area is 120 Å². The Morgan fingerprint density at radius 3 is 2.90 bits per heavy atom. The first-order valence-electron chi connectivity index (χ1n) is 7.25. The van der Waals surface area contributed by atoms with Crippen LogP contribution in [0.4, 0.5) is 0 Å². The maximum absolute atomic E-state index is 12.2. The van der Waals surface area contributed by atoms with E-state index in [2.05, 4.69) is 13.0 Å². The Balaban J connectivity index is 1.89. The third-order valence-electron chi connectivity index (χ3n) is 3.86. The molecular weight excluding hydrogens is 252 g/mol. The summed E-state index contributed by atoms with van der Waals surface area (Å²) in [6.45, 7) is 3.63. The average molecular weight is 276 g/mol. The molecule has 0 aliphatic carbocycles. The number of nitrogens with two attached hydrogens (primary N) is 1. The van der Waals surface area contributed by atoms with E-state index in [1.165, 1.54) is 0 Å². The van der Waals surface area contributed by atoms with E-state index in [1.807, 2.05) is 23.1 Å². The van der Waals surface area contributed by atoms with Gasteiger partial charge in [0.2, 0.25) is 5.91 Å². The third-order valence-corrected chi connectivity index (χ3v) is 3.86. The third kappa shape index (κ3) is 3.73. The van der Waals surface area contributed by atoms with Gasteiger partial charge in [-0.3, -0.25) is 4.79 Å². The van der Waals surface area contributed by atoms with Gasteiger partial charge >= 0.3 is 0 Å². The molecule has 4 nitrogen and oxygen atoms in total. The lowest BCUT2D eigenvalue weighted by molar-refractivity contribution is -0.131. The largest absolute Gasteiger partial charge is 0.496 e. The van der Waals surface area contributed by atoms with Crippen molar-refractivity contribution in [2.45, 2.75) is 32.2 Å². The lowest BCUT2D eigenvalue weighted by Gasteiger charge is -2.19. The topological polar surface area (TPSA) is 55.6 Å². The van der Waals surface area contributed by atoms with E-state index < -0.39 is 0 Å². The van der Waals surface area contributed by atoms with Crippen molar-refractivity contribution >= 4 is 5.91 Å². The number of nitrogens with zero attached hydrogens (tertiary/aromatic N) is 1. The zero-order chi connectivity index (χ0) is 14.5. The number of amides is 1. The molecule has 1 amide bonds. The minimum absolute atomic E-state index is 0.156. The lowest BCUT2D eigenvalue weighted by Crippen LogP contribution is -2.32. The van der Waals surface area contributed by atoms with E-state index in [9.17, 15) is 4.79 Å². The minimum Gasteiger partial charge on any atom is -0.496 e. The molecule has 110 valence electrons. The normalized spacial score (nSPS) is 19.9. The van der Waals surface area contributed by atoms with E-state index in [4.69, 9.17) is 10.5 Å². The number of methoxy groups -OCH3 is 1. The Kier molecular flexibility index (Phi) is 5.01. The van der Waals surface area contributed by atoms with Crippen molar-refractivity contribution in [1.82, 2.24) is 4.90 Å². The fourth-order valence-electron chi connectivity index (χ4n) is 2.76. The van der Waals surface area contributed by atoms with Crippen LogP contribution >= 0.6 is 0 Å². The van der Waals surface area contributed by atoms with Crippen LogP contribution in [0.5, 0.6) is 5.75 Å². The fourth-order valence-corrected chi connectivity index (χ4v) is 2.76. The second-order valence-corrected chi connectivity index (χ2v) is 5.71. The van der Waals surface area contributed by atoms with Crippen molar-refractivity contribution in [2.75, 3.05) is 20.2 Å². The van der Waals surface area contributed by atoms with Crippen LogP contribution in [-0.4, -0.2) is 37.0 Å². The first-order valence-corrected chi connectivity index (χ1v) is 7.25. The molecule has 0 radical (unpaired) electrons. The monoisotopic (exact) mass is 276 g/mol. The molecule has 1 aromatic carbocycles. The number of likely N-dealkylation sites (tertiary alicyclic amines) is 1. The van der Waals surface area contributed by atoms with Gasteiger partial charge in [-0.05, 0) is 30.4 Å². The first-order chi connectivity index (χ1) is 9.60. The minimum atomic E-state index is 0.156. The van der Waals surface area contributed by atoms with Gasteiger partial charge in [-0.25, -0.2) is 0 Å². The number of hydrogen-bond donors (Lipinski definition) is 1. The molecule has 0 spiro atoms. The van der Waals surface area contributed by atoms with E-state index >= 15 is 0 Å². The van der Waals surface area contributed by atoms with Gasteiger partial charge in [-0.2, -0.15) is 0 Å². The Hall–Kier alpha value is -1.55. The first kappa shape index (κ1) is 14.9. The van der Waals surface area contributed by atoms with Crippen LogP contribution in [0.2, 0.25) is 0 Å². The summed E-state index contributed by atoms with van der Waals surface area (Å²) in [6, 6.07) is 8.15. The molecule has 1 aromatic rings. The van der Waals surface area contributed by atoms with Crippen molar-refractivity contribution in [3.05, 3.63) is 29.8 Å². The summed E-state index contributed by atoms with van der Waals surface area (Å²) in [5.74, 6) is 1.42. The summed E-state index contributed by atoms with van der Waals surface area (Å²) in [7, 11) is 1.68. The predicted octanol–water partition coefficient (Wildman–Crippen LogP) is 1.82. The van der Waals surface area contributed by atoms with Crippen LogP contribution in [0.15, 0.2) is 24.3 Å². The Bertz CT molecular complexity index is 462. The molecule has 1 aliphatic heterocycles. The Morgan fingerprint density at radius 1 is 1.50 bits per heavy atom. The number of ether oxygens (including phenoxy) is 1. The highest BCUT2D eigenvalue weighted by molar-refractivity contribution is 5.76. The zero-order valence-electron chi connectivity index (χ0n) is 12.3. The highest BCUT2D eigenvalue weighted by Crippen LogP contribution is 2.23. The SMILES string of the molecule is COc1ccccc1CC(C)CC(=O)N1CCC(N)C1. The quantitative estimate of drug-likeness (QED) is 0.892. The molecule has 1 fully saturated rings. The number of hydrogen-bond acceptors (Lipinski definition) is 3. The summed E-state index contributed by atoms with van der Waals surface area (Å²) < 4.78 is 5.35. The van der Waals surface area contributed by atoms with Crippen LogP contribution in [0, 0.1) is 5.92 Å². The highest BCUT2D eigenvalue weighted by Gasteiger charge is 2.24. The molecule has 0 saturated carbocycles. The predicted molar refractivity (Wildman–Crippen MR) is 79.7 cm³/mol. The molecule has 2 unspecified atom stereocenters. The van der Waals surface area contributed by atoms with E-state index in [0.29, 0.717) is 18.9 Å². The van der Waals surface area contributed by atoms with Gasteiger partial charge in [0, 0.05) is 25.6 Å². The molecule has 0 bridgehead atoms. The van der Waals surface area contributed by atoms with Crippen molar-refractivity contribution in [3.8, 4) is 5.75 Å². The van der Waals surface area contributed by atoms with E-state index in [1.54, 1.807) is 7.11 Å². The summed E-state index contributed by atoms with van der Waals surface area (Å²) >= 11 is 0. The van der Waals surface area contributed by atoms with Gasteiger partial charge in [0.25, 0.3) is 0 Å². The fraction of sp³-hybridized carbons (Fsp3) is 0.562. The van der Waals surface area contributed by atoms with Crippen molar-refractivity contribution in [2.24, 2.45) is 11.7 Å². The van der Waals surface area contributed by atoms with Crippen molar-refractivity contribution in [1.29, 1.82) is 0 Å². The van der Waals surface area contributed by atoms with Gasteiger partial charge in [0.15, 0.2) is 0 Å². The maximum atomic E-state index is 12.2. The van der Waals surface area contributed by atoms with Crippen molar-refractivity contribution < 1.29 is 9.53 Å².